The smallest absolute Gasteiger partial charge is 0.317 e. The van der Waals surface area contributed by atoms with Gasteiger partial charge in [0.2, 0.25) is 5.91 Å². The van der Waals surface area contributed by atoms with Gasteiger partial charge in [-0.25, -0.2) is 13.6 Å². The molecule has 2 aliphatic heterocycles. The number of urea groups is 1. The van der Waals surface area contributed by atoms with Gasteiger partial charge in [0.15, 0.2) is 11.6 Å². The van der Waals surface area contributed by atoms with Crippen LogP contribution < -0.4 is 20.7 Å². The van der Waals surface area contributed by atoms with Crippen molar-refractivity contribution in [1.29, 1.82) is 0 Å². The molecule has 5 atom stereocenters. The Bertz CT molecular complexity index is 988. The summed E-state index contributed by atoms with van der Waals surface area (Å²) >= 11 is 0. The van der Waals surface area contributed by atoms with Gasteiger partial charge in [-0.3, -0.25) is 4.79 Å². The number of amides is 3. The summed E-state index contributed by atoms with van der Waals surface area (Å²) in [4.78, 5) is 41.5. The second kappa shape index (κ2) is 10.7. The molecule has 0 aliphatic carbocycles. The molecule has 0 saturated carbocycles. The summed E-state index contributed by atoms with van der Waals surface area (Å²) in [6, 6.07) is 1.59. The summed E-state index contributed by atoms with van der Waals surface area (Å²) in [5.41, 5.74) is -1.33. The number of likely N-dealkylation sites (tertiary alicyclic amines) is 2. The maximum Gasteiger partial charge on any atom is 0.317 e. The van der Waals surface area contributed by atoms with Gasteiger partial charge in [0.25, 0.3) is 0 Å². The molecule has 9 nitrogen and oxygen atoms in total. The largest absolute Gasteiger partial charge is 0.486 e. The van der Waals surface area contributed by atoms with E-state index in [1.165, 1.54) is 13.1 Å². The zero-order valence-corrected chi connectivity index (χ0v) is 21.7. The lowest BCUT2D eigenvalue weighted by atomic mass is 9.85. The summed E-state index contributed by atoms with van der Waals surface area (Å²) in [6.45, 7) is 8.39. The van der Waals surface area contributed by atoms with E-state index in [0.717, 1.165) is 18.4 Å². The molecule has 36 heavy (non-hydrogen) atoms. The molecule has 3 rings (SSSR count). The highest BCUT2D eigenvalue weighted by Crippen LogP contribution is 2.36. The molecule has 0 radical (unpaired) electrons. The lowest BCUT2D eigenvalue weighted by Crippen LogP contribution is -2.60. The first-order valence-corrected chi connectivity index (χ1v) is 12.1. The van der Waals surface area contributed by atoms with Gasteiger partial charge in [-0.2, -0.15) is 0 Å². The Morgan fingerprint density at radius 1 is 1.17 bits per heavy atom. The van der Waals surface area contributed by atoms with Crippen molar-refractivity contribution >= 4 is 18.2 Å². The molecule has 11 heteroatoms. The number of nitrogens with one attached hydrogen (secondary N) is 3. The Labute approximate surface area is 210 Å². The van der Waals surface area contributed by atoms with Crippen molar-refractivity contribution in [3.05, 3.63) is 29.8 Å². The van der Waals surface area contributed by atoms with Crippen LogP contribution in [0.5, 0.6) is 5.75 Å². The van der Waals surface area contributed by atoms with Crippen molar-refractivity contribution in [3.8, 4) is 5.75 Å². The third-order valence-corrected chi connectivity index (χ3v) is 7.13. The van der Waals surface area contributed by atoms with E-state index in [4.69, 9.17) is 4.74 Å². The van der Waals surface area contributed by atoms with Crippen molar-refractivity contribution in [1.82, 2.24) is 25.8 Å². The van der Waals surface area contributed by atoms with E-state index in [2.05, 4.69) is 16.0 Å². The van der Waals surface area contributed by atoms with Crippen LogP contribution in [0.15, 0.2) is 18.2 Å². The molecule has 2 heterocycles. The summed E-state index contributed by atoms with van der Waals surface area (Å²) in [5.74, 6) is -2.07. The topological polar surface area (TPSA) is 103 Å². The van der Waals surface area contributed by atoms with E-state index in [9.17, 15) is 23.2 Å². The van der Waals surface area contributed by atoms with Crippen LogP contribution in [0.4, 0.5) is 13.6 Å². The fraction of sp³-hybridized carbons (Fsp3) is 0.640. The van der Waals surface area contributed by atoms with Crippen LogP contribution in [0.1, 0.15) is 34.1 Å². The van der Waals surface area contributed by atoms with Gasteiger partial charge in [0.05, 0.1) is 30.2 Å². The van der Waals surface area contributed by atoms with E-state index in [0.29, 0.717) is 13.0 Å². The van der Waals surface area contributed by atoms with Gasteiger partial charge >= 0.3 is 6.03 Å². The maximum atomic E-state index is 13.9. The lowest BCUT2D eigenvalue weighted by Gasteiger charge is -2.38. The molecule has 2 aliphatic rings. The molecular weight excluding hydrogens is 472 g/mol. The summed E-state index contributed by atoms with van der Waals surface area (Å²) in [6.07, 6.45) is 0.725. The highest BCUT2D eigenvalue weighted by molar-refractivity contribution is 5.84. The predicted octanol–water partition coefficient (Wildman–Crippen LogP) is 1.52. The van der Waals surface area contributed by atoms with Crippen LogP contribution in [-0.2, 0) is 9.59 Å². The van der Waals surface area contributed by atoms with E-state index in [1.807, 2.05) is 20.8 Å². The molecule has 1 aromatic carbocycles. The maximum absolute atomic E-state index is 13.9. The van der Waals surface area contributed by atoms with Gasteiger partial charge in [-0.15, -0.1) is 0 Å². The van der Waals surface area contributed by atoms with Gasteiger partial charge in [-0.1, -0.05) is 20.8 Å². The van der Waals surface area contributed by atoms with Gasteiger partial charge in [0.1, 0.15) is 18.1 Å². The zero-order valence-electron chi connectivity index (χ0n) is 21.7. The third kappa shape index (κ3) is 5.62. The van der Waals surface area contributed by atoms with Crippen LogP contribution in [0.3, 0.4) is 0 Å². The average Bonchev–Trinajstić information content (AvgIpc) is 3.41. The highest BCUT2D eigenvalue weighted by atomic mass is 19.2. The molecule has 0 aromatic heterocycles. The molecule has 2 saturated heterocycles. The molecule has 5 unspecified atom stereocenters. The van der Waals surface area contributed by atoms with E-state index in [1.54, 1.807) is 23.8 Å². The molecule has 200 valence electrons. The van der Waals surface area contributed by atoms with Crippen molar-refractivity contribution in [2.75, 3.05) is 33.7 Å². The SMILES string of the molecule is CNC(=O)N1CC(Oc2ccc(F)c(F)c2)C2C1CCN2C(=O)C(NCC(C)(C=O)NC)C(C)(C)C. The number of aldehydes is 1. The number of ether oxygens (including phenoxy) is 1. The van der Waals surface area contributed by atoms with Gasteiger partial charge in [0, 0.05) is 26.2 Å². The number of fused-ring (bicyclic) bond motifs is 1. The summed E-state index contributed by atoms with van der Waals surface area (Å²) in [5, 5.41) is 8.86. The second-order valence-electron chi connectivity index (χ2n) is 10.8. The Hall–Kier alpha value is -2.79. The van der Waals surface area contributed by atoms with Crippen molar-refractivity contribution in [3.63, 3.8) is 0 Å². The number of likely N-dealkylation sites (N-methyl/N-ethyl adjacent to an activating group) is 1. The van der Waals surface area contributed by atoms with Crippen LogP contribution >= 0.6 is 0 Å². The summed E-state index contributed by atoms with van der Waals surface area (Å²) < 4.78 is 33.3. The fourth-order valence-corrected chi connectivity index (χ4v) is 4.92. The number of carbonyl (C=O) groups excluding carboxylic acids is 3. The molecule has 0 bridgehead atoms. The van der Waals surface area contributed by atoms with Gasteiger partial charge < -0.3 is 35.3 Å². The van der Waals surface area contributed by atoms with Crippen molar-refractivity contribution in [2.24, 2.45) is 5.41 Å². The molecule has 1 aromatic rings. The first-order chi connectivity index (χ1) is 16.8. The predicted molar refractivity (Wildman–Crippen MR) is 131 cm³/mol. The van der Waals surface area contributed by atoms with Crippen LogP contribution in [0.2, 0.25) is 0 Å². The van der Waals surface area contributed by atoms with E-state index in [-0.39, 0.29) is 36.8 Å². The average molecular weight is 510 g/mol. The van der Waals surface area contributed by atoms with Crippen LogP contribution in [-0.4, -0.2) is 91.5 Å². The monoisotopic (exact) mass is 509 g/mol. The van der Waals surface area contributed by atoms with E-state index >= 15 is 0 Å². The Balaban J connectivity index is 1.89. The second-order valence-corrected chi connectivity index (χ2v) is 10.8. The third-order valence-electron chi connectivity index (χ3n) is 7.13. The Morgan fingerprint density at radius 3 is 2.42 bits per heavy atom. The Morgan fingerprint density at radius 2 is 1.86 bits per heavy atom. The van der Waals surface area contributed by atoms with Crippen LogP contribution in [0.25, 0.3) is 0 Å². The normalized spacial score (nSPS) is 24.2. The number of nitrogens with zero attached hydrogens (tertiary/aromatic N) is 2. The number of halogens is 2. The number of rotatable bonds is 8. The van der Waals surface area contributed by atoms with Crippen molar-refractivity contribution in [2.45, 2.75) is 63.9 Å². The quantitative estimate of drug-likeness (QED) is 0.460. The molecule has 3 amide bonds. The first-order valence-electron chi connectivity index (χ1n) is 12.1. The number of benzene rings is 1. The minimum atomic E-state index is -1.04. The number of hydrogen-bond donors (Lipinski definition) is 3. The standard InChI is InChI=1S/C25H37F2N5O4/c1-24(2,3)21(30-13-25(4,14-33)29-6)22(34)31-10-9-18-20(31)19(12-32(18)23(35)28-5)36-15-7-8-16(26)17(27)11-15/h7-8,11,14,18-21,29-30H,9-10,12-13H2,1-6H3,(H,28,35). The Kier molecular flexibility index (Phi) is 8.24. The zero-order chi connectivity index (χ0) is 26.8. The summed E-state index contributed by atoms with van der Waals surface area (Å²) in [7, 11) is 3.21. The number of hydrogen-bond acceptors (Lipinski definition) is 6. The van der Waals surface area contributed by atoms with Gasteiger partial charge in [-0.05, 0) is 37.9 Å². The minimum absolute atomic E-state index is 0.122. The molecule has 3 N–H and O–H groups in total. The van der Waals surface area contributed by atoms with E-state index < -0.39 is 40.8 Å². The first kappa shape index (κ1) is 27.8. The molecular formula is C25H37F2N5O4. The van der Waals surface area contributed by atoms with Crippen LogP contribution in [0, 0.1) is 17.0 Å². The fourth-order valence-electron chi connectivity index (χ4n) is 4.92. The minimum Gasteiger partial charge on any atom is -0.486 e. The molecule has 2 fully saturated rings. The molecule has 0 spiro atoms. The lowest BCUT2D eigenvalue weighted by molar-refractivity contribution is -0.138. The highest BCUT2D eigenvalue weighted by Gasteiger charge is 2.54. The van der Waals surface area contributed by atoms with Crippen molar-refractivity contribution < 1.29 is 27.9 Å². The number of carbonyl (C=O) groups is 3.